The minimum atomic E-state index is -0.574. The molecule has 7 nitrogen and oxygen atoms in total. The lowest BCUT2D eigenvalue weighted by Gasteiger charge is -2.22. The van der Waals surface area contributed by atoms with Crippen LogP contribution in [0.1, 0.15) is 15.9 Å². The van der Waals surface area contributed by atoms with E-state index in [-0.39, 0.29) is 25.3 Å². The predicted octanol–water partition coefficient (Wildman–Crippen LogP) is 2.26. The standard InChI is InChI=1S/C20H19FN4O3/c1-28-10-9-25(13-15-5-2-3-7-17(15)21)20(27)16-12-23-18(24-19(16)26)14-6-4-8-22-11-14/h2-8,11-12H,9-10,13H2,1H3,(H,23,24,26). The second-order valence-corrected chi connectivity index (χ2v) is 6.03. The fraction of sp³-hybridized carbons (Fsp3) is 0.200. The minimum Gasteiger partial charge on any atom is -0.383 e. The van der Waals surface area contributed by atoms with E-state index in [1.807, 2.05) is 0 Å². The van der Waals surface area contributed by atoms with Gasteiger partial charge in [0.1, 0.15) is 17.2 Å². The molecule has 0 aliphatic carbocycles. The molecular formula is C20H19FN4O3. The minimum absolute atomic E-state index is 0.0126. The first-order valence-corrected chi connectivity index (χ1v) is 8.61. The number of nitrogens with one attached hydrogen (secondary N) is 1. The van der Waals surface area contributed by atoms with Crippen molar-refractivity contribution in [3.8, 4) is 11.4 Å². The van der Waals surface area contributed by atoms with Crippen molar-refractivity contribution in [1.82, 2.24) is 19.9 Å². The number of carbonyl (C=O) groups excluding carboxylic acids is 1. The van der Waals surface area contributed by atoms with E-state index in [0.29, 0.717) is 17.0 Å². The van der Waals surface area contributed by atoms with Gasteiger partial charge in [-0.3, -0.25) is 14.6 Å². The Morgan fingerprint density at radius 2 is 2.04 bits per heavy atom. The summed E-state index contributed by atoms with van der Waals surface area (Å²) in [5.41, 5.74) is 0.277. The summed E-state index contributed by atoms with van der Waals surface area (Å²) in [6, 6.07) is 9.65. The first-order valence-electron chi connectivity index (χ1n) is 8.61. The zero-order valence-corrected chi connectivity index (χ0v) is 15.3. The number of pyridine rings is 1. The van der Waals surface area contributed by atoms with Crippen molar-refractivity contribution in [2.45, 2.75) is 6.54 Å². The summed E-state index contributed by atoms with van der Waals surface area (Å²) >= 11 is 0. The van der Waals surface area contributed by atoms with Gasteiger partial charge in [0.15, 0.2) is 0 Å². The Labute approximate surface area is 160 Å². The van der Waals surface area contributed by atoms with Gasteiger partial charge >= 0.3 is 0 Å². The van der Waals surface area contributed by atoms with Gasteiger partial charge in [-0.2, -0.15) is 0 Å². The summed E-state index contributed by atoms with van der Waals surface area (Å²) in [7, 11) is 1.50. The van der Waals surface area contributed by atoms with Gasteiger partial charge in [-0.1, -0.05) is 18.2 Å². The van der Waals surface area contributed by atoms with E-state index in [2.05, 4.69) is 15.0 Å². The van der Waals surface area contributed by atoms with Gasteiger partial charge in [-0.15, -0.1) is 0 Å². The summed E-state index contributed by atoms with van der Waals surface area (Å²) in [6.07, 6.45) is 4.39. The monoisotopic (exact) mass is 382 g/mol. The van der Waals surface area contributed by atoms with Crippen LogP contribution in [0.3, 0.4) is 0 Å². The number of rotatable bonds is 7. The second kappa shape index (κ2) is 9.01. The molecule has 3 aromatic rings. The summed E-state index contributed by atoms with van der Waals surface area (Å²) in [4.78, 5) is 37.5. The Hall–Kier alpha value is -3.39. The van der Waals surface area contributed by atoms with Gasteiger partial charge < -0.3 is 14.6 Å². The molecule has 0 unspecified atom stereocenters. The van der Waals surface area contributed by atoms with E-state index >= 15 is 0 Å². The maximum absolute atomic E-state index is 14.0. The smallest absolute Gasteiger partial charge is 0.264 e. The van der Waals surface area contributed by atoms with Gasteiger partial charge in [0, 0.05) is 49.9 Å². The SMILES string of the molecule is COCCN(Cc1ccccc1F)C(=O)c1cnc(-c2cccnc2)[nH]c1=O. The van der Waals surface area contributed by atoms with Crippen molar-refractivity contribution in [2.24, 2.45) is 0 Å². The lowest BCUT2D eigenvalue weighted by atomic mass is 10.1. The summed E-state index contributed by atoms with van der Waals surface area (Å²) in [6.45, 7) is 0.464. The molecule has 0 saturated heterocycles. The maximum Gasteiger partial charge on any atom is 0.264 e. The zero-order chi connectivity index (χ0) is 19.9. The molecule has 3 rings (SSSR count). The number of methoxy groups -OCH3 is 1. The molecule has 0 aliphatic rings. The first-order chi connectivity index (χ1) is 13.6. The molecule has 2 aromatic heterocycles. The van der Waals surface area contributed by atoms with Gasteiger partial charge in [-0.05, 0) is 18.2 Å². The van der Waals surface area contributed by atoms with Gasteiger partial charge in [0.2, 0.25) is 0 Å². The van der Waals surface area contributed by atoms with Crippen LogP contribution in [0.15, 0.2) is 59.8 Å². The Bertz CT molecular complexity index is 1010. The van der Waals surface area contributed by atoms with Crippen molar-refractivity contribution in [1.29, 1.82) is 0 Å². The van der Waals surface area contributed by atoms with E-state index in [4.69, 9.17) is 4.74 Å². The predicted molar refractivity (Wildman–Crippen MR) is 101 cm³/mol. The third kappa shape index (κ3) is 4.47. The number of H-pyrrole nitrogens is 1. The van der Waals surface area contributed by atoms with Crippen LogP contribution < -0.4 is 5.56 Å². The fourth-order valence-electron chi connectivity index (χ4n) is 2.65. The van der Waals surface area contributed by atoms with Crippen molar-refractivity contribution < 1.29 is 13.9 Å². The highest BCUT2D eigenvalue weighted by atomic mass is 19.1. The molecule has 1 aromatic carbocycles. The molecule has 0 radical (unpaired) electrons. The van der Waals surface area contributed by atoms with Gasteiger partial charge in [0.25, 0.3) is 11.5 Å². The molecule has 0 aliphatic heterocycles. The topological polar surface area (TPSA) is 88.2 Å². The third-order valence-electron chi connectivity index (χ3n) is 4.14. The van der Waals surface area contributed by atoms with Crippen molar-refractivity contribution in [2.75, 3.05) is 20.3 Å². The summed E-state index contributed by atoms with van der Waals surface area (Å²) in [5.74, 6) is -0.657. The molecular weight excluding hydrogens is 363 g/mol. The highest BCUT2D eigenvalue weighted by Gasteiger charge is 2.21. The Morgan fingerprint density at radius 1 is 1.21 bits per heavy atom. The van der Waals surface area contributed by atoms with Gasteiger partial charge in [0.05, 0.1) is 6.61 Å². The summed E-state index contributed by atoms with van der Waals surface area (Å²) in [5, 5.41) is 0. The Morgan fingerprint density at radius 3 is 2.71 bits per heavy atom. The number of hydrogen-bond acceptors (Lipinski definition) is 5. The Kier molecular flexibility index (Phi) is 6.23. The van der Waals surface area contributed by atoms with E-state index in [0.717, 1.165) is 0 Å². The molecule has 28 heavy (non-hydrogen) atoms. The van der Waals surface area contributed by atoms with Crippen molar-refractivity contribution in [3.63, 3.8) is 0 Å². The van der Waals surface area contributed by atoms with Crippen LogP contribution in [0.5, 0.6) is 0 Å². The van der Waals surface area contributed by atoms with Crippen LogP contribution in [0.2, 0.25) is 0 Å². The van der Waals surface area contributed by atoms with Crippen LogP contribution in [0.4, 0.5) is 4.39 Å². The van der Waals surface area contributed by atoms with E-state index in [9.17, 15) is 14.0 Å². The van der Waals surface area contributed by atoms with E-state index in [1.165, 1.54) is 24.3 Å². The molecule has 0 atom stereocenters. The second-order valence-electron chi connectivity index (χ2n) is 6.03. The van der Waals surface area contributed by atoms with Crippen molar-refractivity contribution in [3.05, 3.63) is 82.3 Å². The number of benzene rings is 1. The number of hydrogen-bond donors (Lipinski definition) is 1. The quantitative estimate of drug-likeness (QED) is 0.677. The number of aromatic nitrogens is 3. The molecule has 8 heteroatoms. The number of nitrogens with zero attached hydrogens (tertiary/aromatic N) is 3. The molecule has 1 N–H and O–H groups in total. The fourth-order valence-corrected chi connectivity index (χ4v) is 2.65. The largest absolute Gasteiger partial charge is 0.383 e. The third-order valence-corrected chi connectivity index (χ3v) is 4.14. The number of ether oxygens (including phenoxy) is 1. The average molecular weight is 382 g/mol. The average Bonchev–Trinajstić information content (AvgIpc) is 2.72. The number of carbonyl (C=O) groups is 1. The molecule has 0 fully saturated rings. The molecule has 0 saturated carbocycles. The van der Waals surface area contributed by atoms with Crippen molar-refractivity contribution >= 4 is 5.91 Å². The Balaban J connectivity index is 1.88. The zero-order valence-electron chi connectivity index (χ0n) is 15.3. The number of amides is 1. The lowest BCUT2D eigenvalue weighted by molar-refractivity contribution is 0.0676. The van der Waals surface area contributed by atoms with Crippen LogP contribution in [-0.4, -0.2) is 46.0 Å². The molecule has 0 bridgehead atoms. The summed E-state index contributed by atoms with van der Waals surface area (Å²) < 4.78 is 19.0. The number of aromatic amines is 1. The first kappa shape index (κ1) is 19.4. The maximum atomic E-state index is 14.0. The molecule has 2 heterocycles. The van der Waals surface area contributed by atoms with Crippen LogP contribution in [0, 0.1) is 5.82 Å². The highest BCUT2D eigenvalue weighted by Crippen LogP contribution is 2.13. The van der Waals surface area contributed by atoms with E-state index in [1.54, 1.807) is 42.7 Å². The van der Waals surface area contributed by atoms with E-state index < -0.39 is 17.3 Å². The molecule has 1 amide bonds. The molecule has 144 valence electrons. The van der Waals surface area contributed by atoms with Gasteiger partial charge in [-0.25, -0.2) is 9.37 Å². The highest BCUT2D eigenvalue weighted by molar-refractivity contribution is 5.93. The number of halogens is 1. The normalized spacial score (nSPS) is 10.6. The lowest BCUT2D eigenvalue weighted by Crippen LogP contribution is -2.37. The van der Waals surface area contributed by atoms with Crippen LogP contribution in [0.25, 0.3) is 11.4 Å². The molecule has 0 spiro atoms. The van der Waals surface area contributed by atoms with Crippen LogP contribution in [-0.2, 0) is 11.3 Å². The van der Waals surface area contributed by atoms with Crippen LogP contribution >= 0.6 is 0 Å².